The molecule has 9 heteroatoms. The number of esters is 3. The summed E-state index contributed by atoms with van der Waals surface area (Å²) in [5.74, 6) is -4.06. The average Bonchev–Trinajstić information content (AvgIpc) is 3.14. The molecule has 0 radical (unpaired) electrons. The van der Waals surface area contributed by atoms with E-state index in [1.165, 1.54) is 12.2 Å². The molecule has 4 aliphatic carbocycles. The molecule has 8 atom stereocenters. The number of alkyl halides is 1. The number of fused-ring (bicyclic) bond motifs is 5. The van der Waals surface area contributed by atoms with E-state index in [9.17, 15) is 24.0 Å². The van der Waals surface area contributed by atoms with E-state index in [0.717, 1.165) is 0 Å². The van der Waals surface area contributed by atoms with E-state index < -0.39 is 76.3 Å². The third kappa shape index (κ3) is 4.17. The van der Waals surface area contributed by atoms with Crippen molar-refractivity contribution in [3.8, 4) is 0 Å². The monoisotopic (exact) mass is 560 g/mol. The van der Waals surface area contributed by atoms with Crippen molar-refractivity contribution < 1.29 is 42.6 Å². The summed E-state index contributed by atoms with van der Waals surface area (Å²) in [6.45, 7) is 9.68. The summed E-state index contributed by atoms with van der Waals surface area (Å²) in [6, 6.07) is 0. The fraction of sp³-hybridized carbons (Fsp3) is 0.710. The van der Waals surface area contributed by atoms with Crippen LogP contribution in [0.15, 0.2) is 23.8 Å². The zero-order valence-electron chi connectivity index (χ0n) is 24.3. The van der Waals surface area contributed by atoms with Gasteiger partial charge in [0.1, 0.15) is 6.10 Å². The van der Waals surface area contributed by atoms with Crippen molar-refractivity contribution in [3.05, 3.63) is 23.8 Å². The minimum absolute atomic E-state index is 0.0209. The molecule has 220 valence electrons. The van der Waals surface area contributed by atoms with Gasteiger partial charge in [-0.3, -0.25) is 24.0 Å². The van der Waals surface area contributed by atoms with Crippen LogP contribution in [-0.4, -0.2) is 53.5 Å². The summed E-state index contributed by atoms with van der Waals surface area (Å²) < 4.78 is 35.3. The van der Waals surface area contributed by atoms with Crippen LogP contribution in [-0.2, 0) is 38.2 Å². The van der Waals surface area contributed by atoms with Gasteiger partial charge in [0.15, 0.2) is 23.7 Å². The molecule has 0 aromatic heterocycles. The molecule has 0 aromatic carbocycles. The van der Waals surface area contributed by atoms with Gasteiger partial charge in [-0.1, -0.05) is 46.3 Å². The van der Waals surface area contributed by atoms with Crippen molar-refractivity contribution in [2.75, 3.05) is 6.61 Å². The first-order chi connectivity index (χ1) is 18.7. The molecule has 0 aliphatic heterocycles. The molecule has 0 heterocycles. The normalized spacial score (nSPS) is 39.8. The number of carbonyl (C=O) groups excluding carboxylic acids is 5. The highest BCUT2D eigenvalue weighted by atomic mass is 19.1. The van der Waals surface area contributed by atoms with Crippen LogP contribution in [0.1, 0.15) is 86.5 Å². The topological polar surface area (TPSA) is 113 Å². The van der Waals surface area contributed by atoms with Gasteiger partial charge < -0.3 is 14.2 Å². The second kappa shape index (κ2) is 10.5. The van der Waals surface area contributed by atoms with Crippen molar-refractivity contribution in [3.63, 3.8) is 0 Å². The summed E-state index contributed by atoms with van der Waals surface area (Å²) in [5.41, 5.74) is -5.41. The lowest BCUT2D eigenvalue weighted by molar-refractivity contribution is -0.236. The van der Waals surface area contributed by atoms with Crippen LogP contribution in [0, 0.1) is 28.6 Å². The van der Waals surface area contributed by atoms with E-state index in [0.29, 0.717) is 24.8 Å². The minimum Gasteiger partial charge on any atom is -0.459 e. The van der Waals surface area contributed by atoms with Gasteiger partial charge >= 0.3 is 17.9 Å². The summed E-state index contributed by atoms with van der Waals surface area (Å²) in [6.07, 6.45) is 4.49. The predicted octanol–water partition coefficient (Wildman–Crippen LogP) is 4.78. The molecule has 0 bridgehead atoms. The Morgan fingerprint density at radius 2 is 1.65 bits per heavy atom. The summed E-state index contributed by atoms with van der Waals surface area (Å²) >= 11 is 0. The van der Waals surface area contributed by atoms with Gasteiger partial charge in [0.05, 0.1) is 0 Å². The van der Waals surface area contributed by atoms with Gasteiger partial charge in [0.25, 0.3) is 0 Å². The van der Waals surface area contributed by atoms with Crippen molar-refractivity contribution in [2.24, 2.45) is 28.6 Å². The van der Waals surface area contributed by atoms with Gasteiger partial charge in [-0.05, 0) is 50.7 Å². The Bertz CT molecular complexity index is 1170. The maximum Gasteiger partial charge on any atom is 0.306 e. The number of allylic oxidation sites excluding steroid dienone is 4. The number of ketones is 2. The van der Waals surface area contributed by atoms with Gasteiger partial charge in [-0.15, -0.1) is 0 Å². The quantitative estimate of drug-likeness (QED) is 0.308. The molecule has 0 spiro atoms. The summed E-state index contributed by atoms with van der Waals surface area (Å²) in [5, 5.41) is 0. The molecule has 0 unspecified atom stereocenters. The van der Waals surface area contributed by atoms with Crippen LogP contribution >= 0.6 is 0 Å². The molecule has 0 saturated heterocycles. The predicted molar refractivity (Wildman–Crippen MR) is 142 cm³/mol. The average molecular weight is 561 g/mol. The molecule has 40 heavy (non-hydrogen) atoms. The molecule has 8 nitrogen and oxygen atoms in total. The lowest BCUT2D eigenvalue weighted by Gasteiger charge is -2.63. The smallest absolute Gasteiger partial charge is 0.306 e. The summed E-state index contributed by atoms with van der Waals surface area (Å²) in [7, 11) is 0. The van der Waals surface area contributed by atoms with Crippen molar-refractivity contribution >= 4 is 29.5 Å². The maximum absolute atomic E-state index is 18.1. The van der Waals surface area contributed by atoms with Gasteiger partial charge in [0.2, 0.25) is 5.78 Å². The van der Waals surface area contributed by atoms with Crippen LogP contribution < -0.4 is 0 Å². The van der Waals surface area contributed by atoms with Crippen LogP contribution in [0.25, 0.3) is 0 Å². The number of ether oxygens (including phenoxy) is 3. The zero-order chi connectivity index (χ0) is 29.7. The molecular weight excluding hydrogens is 519 g/mol. The van der Waals surface area contributed by atoms with E-state index in [4.69, 9.17) is 14.2 Å². The van der Waals surface area contributed by atoms with E-state index in [1.807, 2.05) is 13.8 Å². The van der Waals surface area contributed by atoms with E-state index in [2.05, 4.69) is 0 Å². The molecule has 4 aliphatic rings. The van der Waals surface area contributed by atoms with E-state index >= 15 is 4.39 Å². The molecule has 4 rings (SSSR count). The molecular formula is C31H41FO8. The summed E-state index contributed by atoms with van der Waals surface area (Å²) in [4.78, 5) is 63.8. The number of rotatable bonds is 8. The van der Waals surface area contributed by atoms with Crippen LogP contribution in [0.2, 0.25) is 0 Å². The Labute approximate surface area is 235 Å². The fourth-order valence-electron chi connectivity index (χ4n) is 8.34. The first kappa shape index (κ1) is 30.1. The first-order valence-corrected chi connectivity index (χ1v) is 14.5. The van der Waals surface area contributed by atoms with E-state index in [-0.39, 0.29) is 31.5 Å². The van der Waals surface area contributed by atoms with Crippen molar-refractivity contribution in [1.29, 1.82) is 0 Å². The maximum atomic E-state index is 18.1. The van der Waals surface area contributed by atoms with Gasteiger partial charge in [-0.25, -0.2) is 4.39 Å². The lowest BCUT2D eigenvalue weighted by atomic mass is 9.44. The Kier molecular flexibility index (Phi) is 7.93. The molecule has 0 amide bonds. The second-order valence-corrected chi connectivity index (χ2v) is 12.2. The largest absolute Gasteiger partial charge is 0.459 e. The molecule has 0 N–H and O–H groups in total. The Hall–Kier alpha value is -2.84. The fourth-order valence-corrected chi connectivity index (χ4v) is 8.34. The molecule has 0 aromatic rings. The molecule has 3 saturated carbocycles. The van der Waals surface area contributed by atoms with Gasteiger partial charge in [0, 0.05) is 41.9 Å². The zero-order valence-corrected chi connectivity index (χ0v) is 24.3. The number of hydrogen-bond acceptors (Lipinski definition) is 8. The third-order valence-corrected chi connectivity index (χ3v) is 10.3. The Morgan fingerprint density at radius 1 is 1.00 bits per heavy atom. The highest BCUT2D eigenvalue weighted by molar-refractivity contribution is 6.01. The van der Waals surface area contributed by atoms with Crippen LogP contribution in [0.3, 0.4) is 0 Å². The number of Topliss-reactive ketones (excluding diaryl/α,β-unsaturated/α-hetero) is 1. The third-order valence-electron chi connectivity index (χ3n) is 10.3. The Balaban J connectivity index is 1.88. The highest BCUT2D eigenvalue weighted by Gasteiger charge is 2.78. The SMILES string of the molecule is CCC(=O)OCC(=O)[C@@]1(OC(=O)CC)[C@H](C)C[C@H]2[C@@H]3CCC4=CC(=O)C=C[C@]4(C)[C@@]3(F)[C@H](OC(=O)CC)C[C@@]21C. The highest BCUT2D eigenvalue weighted by Crippen LogP contribution is 2.72. The standard InChI is InChI=1S/C31H41FO8/c1-7-25(35)38-17-23(34)31(40-27(37)9-3)18(4)14-22-21-11-10-19-15-20(33)12-13-28(19,5)30(21,32)24(16-29(22,31)6)39-26(36)8-2/h12-13,15,18,21-22,24H,7-11,14,16-17H2,1-6H3/t18-,21+,22+,24-,28+,29+,30+,31+/m1/s1. The van der Waals surface area contributed by atoms with Crippen molar-refractivity contribution in [1.82, 2.24) is 0 Å². The second-order valence-electron chi connectivity index (χ2n) is 12.2. The number of halogens is 1. The first-order valence-electron chi connectivity index (χ1n) is 14.5. The van der Waals surface area contributed by atoms with Gasteiger partial charge in [-0.2, -0.15) is 0 Å². The number of hydrogen-bond donors (Lipinski definition) is 0. The Morgan fingerprint density at radius 3 is 2.27 bits per heavy atom. The van der Waals surface area contributed by atoms with Crippen LogP contribution in [0.4, 0.5) is 4.39 Å². The minimum atomic E-state index is -2.06. The number of carbonyl (C=O) groups is 5. The van der Waals surface area contributed by atoms with Crippen LogP contribution in [0.5, 0.6) is 0 Å². The van der Waals surface area contributed by atoms with E-state index in [1.54, 1.807) is 33.8 Å². The molecule has 3 fully saturated rings. The lowest BCUT2D eigenvalue weighted by Crippen LogP contribution is -2.70. The van der Waals surface area contributed by atoms with Crippen molar-refractivity contribution in [2.45, 2.75) is 104 Å².